The highest BCUT2D eigenvalue weighted by Crippen LogP contribution is 2.35. The summed E-state index contributed by atoms with van der Waals surface area (Å²) < 4.78 is 27.7. The van der Waals surface area contributed by atoms with Crippen molar-refractivity contribution in [3.05, 3.63) is 53.6 Å². The van der Waals surface area contributed by atoms with Crippen LogP contribution in [0.5, 0.6) is 0 Å². The van der Waals surface area contributed by atoms with E-state index in [0.717, 1.165) is 5.56 Å². The summed E-state index contributed by atoms with van der Waals surface area (Å²) >= 11 is 0. The van der Waals surface area contributed by atoms with Gasteiger partial charge in [0.2, 0.25) is 0 Å². The Morgan fingerprint density at radius 3 is 2.48 bits per heavy atom. The molecule has 0 spiro atoms. The largest absolute Gasteiger partial charge is 0.369 e. The second-order valence-corrected chi connectivity index (χ2v) is 4.90. The maximum absolute atomic E-state index is 13.9. The molecule has 2 aromatic carbocycles. The maximum atomic E-state index is 13.9. The Balaban J connectivity index is 2.17. The van der Waals surface area contributed by atoms with Gasteiger partial charge in [0.1, 0.15) is 17.8 Å². The number of nitrogens with zero attached hydrogens (tertiary/aromatic N) is 2. The monoisotopic (exact) mass is 288 g/mol. The minimum absolute atomic E-state index is 0.0819. The van der Waals surface area contributed by atoms with Gasteiger partial charge >= 0.3 is 0 Å². The van der Waals surface area contributed by atoms with E-state index >= 15 is 0 Å². The first-order chi connectivity index (χ1) is 9.99. The molecule has 3 rings (SSSR count). The average molecular weight is 288 g/mol. The highest BCUT2D eigenvalue weighted by Gasteiger charge is 2.23. The van der Waals surface area contributed by atoms with Gasteiger partial charge in [-0.05, 0) is 23.8 Å². The lowest BCUT2D eigenvalue weighted by Crippen LogP contribution is -2.42. The molecular weight excluding hydrogens is 274 g/mol. The average Bonchev–Trinajstić information content (AvgIpc) is 2.44. The van der Waals surface area contributed by atoms with Crippen LogP contribution in [0.2, 0.25) is 0 Å². The highest BCUT2D eigenvalue weighted by atomic mass is 19.1. The van der Waals surface area contributed by atoms with Gasteiger partial charge in [0.25, 0.3) is 0 Å². The van der Waals surface area contributed by atoms with Gasteiger partial charge in [0.05, 0.1) is 11.3 Å². The third-order valence-corrected chi connectivity index (χ3v) is 3.61. The lowest BCUT2D eigenvalue weighted by atomic mass is 9.99. The van der Waals surface area contributed by atoms with E-state index in [-0.39, 0.29) is 11.5 Å². The van der Waals surface area contributed by atoms with E-state index in [0.29, 0.717) is 11.3 Å². The van der Waals surface area contributed by atoms with E-state index in [9.17, 15) is 8.78 Å². The van der Waals surface area contributed by atoms with E-state index in [4.69, 9.17) is 11.5 Å². The van der Waals surface area contributed by atoms with Crippen LogP contribution in [-0.2, 0) is 0 Å². The fourth-order valence-electron chi connectivity index (χ4n) is 2.37. The molecule has 2 aromatic rings. The fourth-order valence-corrected chi connectivity index (χ4v) is 2.37. The Hall–Kier alpha value is -2.47. The van der Waals surface area contributed by atoms with Crippen molar-refractivity contribution in [2.45, 2.75) is 6.17 Å². The van der Waals surface area contributed by atoms with Crippen LogP contribution in [-0.4, -0.2) is 17.9 Å². The Morgan fingerprint density at radius 2 is 1.81 bits per heavy atom. The molecule has 1 heterocycles. The SMILES string of the molecule is CN1C(N)=Nc2cc(-c3c(F)cccc3F)ccc2C1N. The number of hydrogen-bond donors (Lipinski definition) is 2. The van der Waals surface area contributed by atoms with Crippen molar-refractivity contribution in [3.8, 4) is 11.1 Å². The lowest BCUT2D eigenvalue weighted by molar-refractivity contribution is 0.375. The number of hydrogen-bond acceptors (Lipinski definition) is 4. The molecule has 1 aliphatic rings. The van der Waals surface area contributed by atoms with Crippen molar-refractivity contribution in [2.75, 3.05) is 7.05 Å². The predicted molar refractivity (Wildman–Crippen MR) is 77.8 cm³/mol. The topological polar surface area (TPSA) is 67.6 Å². The van der Waals surface area contributed by atoms with Crippen LogP contribution < -0.4 is 11.5 Å². The molecule has 4 nitrogen and oxygen atoms in total. The van der Waals surface area contributed by atoms with Gasteiger partial charge in [0.15, 0.2) is 5.96 Å². The van der Waals surface area contributed by atoms with Crippen LogP contribution in [0, 0.1) is 11.6 Å². The van der Waals surface area contributed by atoms with Gasteiger partial charge in [-0.2, -0.15) is 0 Å². The van der Waals surface area contributed by atoms with Crippen LogP contribution in [0.25, 0.3) is 11.1 Å². The molecule has 108 valence electrons. The molecule has 0 bridgehead atoms. The van der Waals surface area contributed by atoms with Crippen LogP contribution in [0.1, 0.15) is 11.7 Å². The molecule has 0 saturated carbocycles. The van der Waals surface area contributed by atoms with Crippen molar-refractivity contribution < 1.29 is 8.78 Å². The summed E-state index contributed by atoms with van der Waals surface area (Å²) in [5.41, 5.74) is 13.4. The van der Waals surface area contributed by atoms with Gasteiger partial charge in [-0.15, -0.1) is 0 Å². The molecule has 0 radical (unpaired) electrons. The van der Waals surface area contributed by atoms with E-state index in [1.165, 1.54) is 18.2 Å². The molecule has 0 amide bonds. The van der Waals surface area contributed by atoms with Crippen LogP contribution in [0.15, 0.2) is 41.4 Å². The summed E-state index contributed by atoms with van der Waals surface area (Å²) in [6.45, 7) is 0. The minimum Gasteiger partial charge on any atom is -0.369 e. The second kappa shape index (κ2) is 4.82. The van der Waals surface area contributed by atoms with Crippen LogP contribution in [0.4, 0.5) is 14.5 Å². The number of guanidine groups is 1. The molecule has 1 aliphatic heterocycles. The number of benzene rings is 2. The summed E-state index contributed by atoms with van der Waals surface area (Å²) in [5, 5.41) is 0. The minimum atomic E-state index is -0.621. The molecule has 0 fully saturated rings. The Kier molecular flexibility index (Phi) is 3.10. The molecule has 21 heavy (non-hydrogen) atoms. The molecular formula is C15H14F2N4. The third kappa shape index (κ3) is 2.13. The summed E-state index contributed by atoms with van der Waals surface area (Å²) in [5.74, 6) is -0.977. The summed E-state index contributed by atoms with van der Waals surface area (Å²) in [6.07, 6.45) is -0.433. The number of rotatable bonds is 1. The second-order valence-electron chi connectivity index (χ2n) is 4.90. The van der Waals surface area contributed by atoms with E-state index < -0.39 is 17.8 Å². The molecule has 1 atom stereocenters. The first-order valence-electron chi connectivity index (χ1n) is 6.40. The number of nitrogens with two attached hydrogens (primary N) is 2. The van der Waals surface area contributed by atoms with E-state index in [2.05, 4.69) is 4.99 Å². The molecule has 0 aromatic heterocycles. The summed E-state index contributed by atoms with van der Waals surface area (Å²) in [6, 6.07) is 8.70. The van der Waals surface area contributed by atoms with Gasteiger partial charge in [-0.25, -0.2) is 13.8 Å². The fraction of sp³-hybridized carbons (Fsp3) is 0.133. The molecule has 4 N–H and O–H groups in total. The van der Waals surface area contributed by atoms with Crippen LogP contribution in [0.3, 0.4) is 0 Å². The van der Waals surface area contributed by atoms with Gasteiger partial charge in [-0.3, -0.25) is 0 Å². The Labute approximate surface area is 120 Å². The maximum Gasteiger partial charge on any atom is 0.197 e. The Bertz CT molecular complexity index is 722. The third-order valence-electron chi connectivity index (χ3n) is 3.61. The molecule has 0 aliphatic carbocycles. The Morgan fingerprint density at radius 1 is 1.14 bits per heavy atom. The zero-order chi connectivity index (χ0) is 15.1. The van der Waals surface area contributed by atoms with Crippen molar-refractivity contribution in [2.24, 2.45) is 16.5 Å². The molecule has 1 unspecified atom stereocenters. The van der Waals surface area contributed by atoms with Gasteiger partial charge in [-0.1, -0.05) is 18.2 Å². The summed E-state index contributed by atoms with van der Waals surface area (Å²) in [7, 11) is 1.73. The summed E-state index contributed by atoms with van der Waals surface area (Å²) in [4.78, 5) is 5.85. The van der Waals surface area contributed by atoms with E-state index in [1.807, 2.05) is 0 Å². The van der Waals surface area contributed by atoms with Gasteiger partial charge < -0.3 is 16.4 Å². The number of fused-ring (bicyclic) bond motifs is 1. The number of halogens is 2. The van der Waals surface area contributed by atoms with Crippen LogP contribution >= 0.6 is 0 Å². The zero-order valence-corrected chi connectivity index (χ0v) is 11.3. The van der Waals surface area contributed by atoms with Crippen molar-refractivity contribution in [3.63, 3.8) is 0 Å². The van der Waals surface area contributed by atoms with Gasteiger partial charge in [0, 0.05) is 12.6 Å². The first kappa shape index (κ1) is 13.5. The van der Waals surface area contributed by atoms with E-state index in [1.54, 1.807) is 30.1 Å². The van der Waals surface area contributed by atoms with Crippen molar-refractivity contribution >= 4 is 11.6 Å². The highest BCUT2D eigenvalue weighted by molar-refractivity contribution is 5.85. The van der Waals surface area contributed by atoms with Crippen molar-refractivity contribution in [1.29, 1.82) is 0 Å². The first-order valence-corrected chi connectivity index (χ1v) is 6.40. The molecule has 0 saturated heterocycles. The normalized spacial score (nSPS) is 17.4. The molecule has 6 heteroatoms. The standard InChI is InChI=1S/C15H14F2N4/c1-21-14(18)9-6-5-8(7-12(9)20-15(21)19)13-10(16)3-2-4-11(13)17/h2-7,14H,18H2,1H3,(H2,19,20). The quantitative estimate of drug-likeness (QED) is 0.847. The zero-order valence-electron chi connectivity index (χ0n) is 11.3. The lowest BCUT2D eigenvalue weighted by Gasteiger charge is -2.30. The van der Waals surface area contributed by atoms with Crippen molar-refractivity contribution in [1.82, 2.24) is 4.90 Å². The smallest absolute Gasteiger partial charge is 0.197 e. The number of aliphatic imine (C=N–C) groups is 1. The predicted octanol–water partition coefficient (Wildman–Crippen LogP) is 2.48.